The maximum absolute atomic E-state index is 12.2. The minimum Gasteiger partial charge on any atom is -0.468 e. The second kappa shape index (κ2) is 8.46. The highest BCUT2D eigenvalue weighted by Crippen LogP contribution is 2.66. The van der Waals surface area contributed by atoms with Crippen molar-refractivity contribution in [3.05, 3.63) is 23.3 Å². The van der Waals surface area contributed by atoms with Gasteiger partial charge in [-0.2, -0.15) is 0 Å². The van der Waals surface area contributed by atoms with Crippen LogP contribution < -0.4 is 0 Å². The number of methoxy groups -OCH3 is 2. The van der Waals surface area contributed by atoms with Crippen molar-refractivity contribution in [3.63, 3.8) is 0 Å². The Morgan fingerprint density at radius 3 is 2.38 bits per heavy atom. The van der Waals surface area contributed by atoms with Crippen LogP contribution in [0.3, 0.4) is 0 Å². The Bertz CT molecular complexity index is 853. The van der Waals surface area contributed by atoms with E-state index >= 15 is 0 Å². The predicted octanol–water partition coefficient (Wildman–Crippen LogP) is 5.04. The smallest absolute Gasteiger partial charge is 0.320 e. The van der Waals surface area contributed by atoms with E-state index in [2.05, 4.69) is 26.8 Å². The van der Waals surface area contributed by atoms with Gasteiger partial charge in [0.05, 0.1) is 14.2 Å². The van der Waals surface area contributed by atoms with Crippen LogP contribution in [0.25, 0.3) is 0 Å². The molecule has 3 unspecified atom stereocenters. The first-order valence-electron chi connectivity index (χ1n) is 12.3. The lowest BCUT2D eigenvalue weighted by atomic mass is 9.46. The molecule has 5 heteroatoms. The fraction of sp³-hybridized carbons (Fsp3) is 0.741. The summed E-state index contributed by atoms with van der Waals surface area (Å²) in [5.41, 5.74) is 3.09. The SMILES string of the molecule is COC(=O)C(C[C@@H](C)C1=CCC2C3CCC4=CC(=O)CC[C@]4(C)C3CC[C@]12C)C(=O)OC. The second-order valence-corrected chi connectivity index (χ2v) is 11.1. The van der Waals surface area contributed by atoms with E-state index in [-0.39, 0.29) is 16.7 Å². The van der Waals surface area contributed by atoms with E-state index in [0.717, 1.165) is 25.7 Å². The van der Waals surface area contributed by atoms with Gasteiger partial charge in [-0.1, -0.05) is 38.0 Å². The van der Waals surface area contributed by atoms with E-state index in [1.165, 1.54) is 38.2 Å². The third kappa shape index (κ3) is 3.56. The van der Waals surface area contributed by atoms with Crippen LogP contribution in [0.1, 0.15) is 72.1 Å². The van der Waals surface area contributed by atoms with Crippen molar-refractivity contribution >= 4 is 17.7 Å². The number of hydrogen-bond acceptors (Lipinski definition) is 5. The summed E-state index contributed by atoms with van der Waals surface area (Å²) in [5, 5.41) is 0. The summed E-state index contributed by atoms with van der Waals surface area (Å²) in [6.07, 6.45) is 12.1. The molecule has 0 radical (unpaired) electrons. The molecule has 0 heterocycles. The molecule has 0 saturated heterocycles. The van der Waals surface area contributed by atoms with Crippen molar-refractivity contribution in [1.29, 1.82) is 0 Å². The van der Waals surface area contributed by atoms with Crippen molar-refractivity contribution in [2.45, 2.75) is 72.1 Å². The minimum absolute atomic E-state index is 0.111. The fourth-order valence-corrected chi connectivity index (χ4v) is 7.98. The number of fused-ring (bicyclic) bond motifs is 5. The van der Waals surface area contributed by atoms with Crippen molar-refractivity contribution in [2.75, 3.05) is 14.2 Å². The maximum Gasteiger partial charge on any atom is 0.320 e. The van der Waals surface area contributed by atoms with E-state index in [0.29, 0.717) is 36.4 Å². The quantitative estimate of drug-likeness (QED) is 0.339. The van der Waals surface area contributed by atoms with Gasteiger partial charge in [0.25, 0.3) is 0 Å². The van der Waals surface area contributed by atoms with Crippen LogP contribution in [0.4, 0.5) is 0 Å². The van der Waals surface area contributed by atoms with E-state index in [1.807, 2.05) is 6.08 Å². The molecule has 0 bridgehead atoms. The molecule has 0 aromatic rings. The summed E-state index contributed by atoms with van der Waals surface area (Å²) in [7, 11) is 2.64. The molecule has 6 atom stereocenters. The topological polar surface area (TPSA) is 69.7 Å². The zero-order chi connectivity index (χ0) is 23.3. The molecule has 0 N–H and O–H groups in total. The highest BCUT2D eigenvalue weighted by molar-refractivity contribution is 5.94. The number of ether oxygens (including phenoxy) is 2. The number of hydrogen-bond donors (Lipinski definition) is 0. The number of esters is 2. The number of rotatable bonds is 5. The minimum atomic E-state index is -0.874. The number of ketones is 1. The standard InChI is InChI=1S/C27H38O5/c1-16(14-20(24(29)31-4)25(30)32-5)21-8-9-22-19-7-6-17-15-18(28)10-12-26(17,2)23(19)11-13-27(21,22)3/h8,15-16,19-20,22-23H,6-7,9-14H2,1-5H3/t16-,19?,22?,23?,26+,27-/m1/s1. The first-order chi connectivity index (χ1) is 15.2. The third-order valence-electron chi connectivity index (χ3n) is 9.69. The van der Waals surface area contributed by atoms with Crippen LogP contribution in [-0.4, -0.2) is 31.9 Å². The van der Waals surface area contributed by atoms with Crippen LogP contribution in [0.2, 0.25) is 0 Å². The van der Waals surface area contributed by atoms with Gasteiger partial charge in [-0.15, -0.1) is 0 Å². The van der Waals surface area contributed by atoms with Gasteiger partial charge < -0.3 is 9.47 Å². The van der Waals surface area contributed by atoms with Crippen molar-refractivity contribution < 1.29 is 23.9 Å². The van der Waals surface area contributed by atoms with Gasteiger partial charge in [-0.3, -0.25) is 14.4 Å². The Balaban J connectivity index is 1.54. The lowest BCUT2D eigenvalue weighted by molar-refractivity contribution is -0.159. The molecule has 4 aliphatic rings. The summed E-state index contributed by atoms with van der Waals surface area (Å²) in [6, 6.07) is 0. The molecule has 4 aliphatic carbocycles. The van der Waals surface area contributed by atoms with Crippen molar-refractivity contribution in [2.24, 2.45) is 40.4 Å². The molecule has 2 fully saturated rings. The Labute approximate surface area is 192 Å². The summed E-state index contributed by atoms with van der Waals surface area (Å²) < 4.78 is 9.76. The van der Waals surface area contributed by atoms with Crippen LogP contribution in [0, 0.1) is 40.4 Å². The zero-order valence-electron chi connectivity index (χ0n) is 20.2. The summed E-state index contributed by atoms with van der Waals surface area (Å²) >= 11 is 0. The predicted molar refractivity (Wildman–Crippen MR) is 121 cm³/mol. The molecule has 5 nitrogen and oxygen atoms in total. The Morgan fingerprint density at radius 1 is 1.03 bits per heavy atom. The van der Waals surface area contributed by atoms with Crippen LogP contribution in [0.5, 0.6) is 0 Å². The molecule has 2 saturated carbocycles. The molecular formula is C27H38O5. The van der Waals surface area contributed by atoms with Crippen molar-refractivity contribution in [3.8, 4) is 0 Å². The normalized spacial score (nSPS) is 36.9. The fourth-order valence-electron chi connectivity index (χ4n) is 7.98. The highest BCUT2D eigenvalue weighted by Gasteiger charge is 2.57. The van der Waals surface area contributed by atoms with E-state index in [1.54, 1.807) is 0 Å². The molecular weight excluding hydrogens is 404 g/mol. The highest BCUT2D eigenvalue weighted by atomic mass is 16.5. The molecule has 176 valence electrons. The molecule has 0 aromatic carbocycles. The van der Waals surface area contributed by atoms with Gasteiger partial charge in [-0.05, 0) is 85.5 Å². The lowest BCUT2D eigenvalue weighted by Crippen LogP contribution is -2.50. The summed E-state index contributed by atoms with van der Waals surface area (Å²) in [6.45, 7) is 6.96. The summed E-state index contributed by atoms with van der Waals surface area (Å²) in [4.78, 5) is 36.5. The lowest BCUT2D eigenvalue weighted by Gasteiger charge is -2.58. The first kappa shape index (κ1) is 23.3. The number of carbonyl (C=O) groups is 3. The average molecular weight is 443 g/mol. The Morgan fingerprint density at radius 2 is 1.72 bits per heavy atom. The molecule has 0 spiro atoms. The van der Waals surface area contributed by atoms with Gasteiger partial charge in [-0.25, -0.2) is 0 Å². The molecule has 32 heavy (non-hydrogen) atoms. The Kier molecular flexibility index (Phi) is 6.15. The third-order valence-corrected chi connectivity index (χ3v) is 9.69. The molecule has 0 aliphatic heterocycles. The number of carbonyl (C=O) groups excluding carboxylic acids is 3. The largest absolute Gasteiger partial charge is 0.468 e. The van der Waals surface area contributed by atoms with Crippen LogP contribution in [-0.2, 0) is 23.9 Å². The van der Waals surface area contributed by atoms with E-state index in [4.69, 9.17) is 9.47 Å². The van der Waals surface area contributed by atoms with Crippen LogP contribution >= 0.6 is 0 Å². The monoisotopic (exact) mass is 442 g/mol. The molecule has 4 rings (SSSR count). The first-order valence-corrected chi connectivity index (χ1v) is 12.3. The molecule has 0 aromatic heterocycles. The molecule has 0 amide bonds. The van der Waals surface area contributed by atoms with Crippen molar-refractivity contribution in [1.82, 2.24) is 0 Å². The second-order valence-electron chi connectivity index (χ2n) is 11.1. The van der Waals surface area contributed by atoms with Gasteiger partial charge >= 0.3 is 11.9 Å². The zero-order valence-corrected chi connectivity index (χ0v) is 20.2. The van der Waals surface area contributed by atoms with Gasteiger partial charge in [0.1, 0.15) is 0 Å². The van der Waals surface area contributed by atoms with E-state index < -0.39 is 17.9 Å². The van der Waals surface area contributed by atoms with Gasteiger partial charge in [0.2, 0.25) is 0 Å². The average Bonchev–Trinajstić information content (AvgIpc) is 3.14. The van der Waals surface area contributed by atoms with Crippen LogP contribution in [0.15, 0.2) is 23.3 Å². The van der Waals surface area contributed by atoms with Gasteiger partial charge in [0.15, 0.2) is 11.7 Å². The maximum atomic E-state index is 12.2. The Hall–Kier alpha value is -1.91. The summed E-state index contributed by atoms with van der Waals surface area (Å²) in [5.74, 6) is 0.438. The number of allylic oxidation sites excluding steroid dienone is 4. The van der Waals surface area contributed by atoms with Gasteiger partial charge in [0, 0.05) is 6.42 Å². The van der Waals surface area contributed by atoms with E-state index in [9.17, 15) is 14.4 Å².